The summed E-state index contributed by atoms with van der Waals surface area (Å²) in [6.07, 6.45) is 3.72. The Morgan fingerprint density at radius 2 is 1.92 bits per heavy atom. The van der Waals surface area contributed by atoms with E-state index in [0.717, 1.165) is 31.2 Å². The monoisotopic (exact) mass is 348 g/mol. The van der Waals surface area contributed by atoms with E-state index in [1.165, 1.54) is 43.0 Å². The fraction of sp³-hybridized carbons (Fsp3) is 0.556. The summed E-state index contributed by atoms with van der Waals surface area (Å²) in [5, 5.41) is 3.41. The highest BCUT2D eigenvalue weighted by Gasteiger charge is 2.38. The van der Waals surface area contributed by atoms with Crippen molar-refractivity contribution in [2.75, 3.05) is 5.32 Å². The fourth-order valence-corrected chi connectivity index (χ4v) is 4.47. The van der Waals surface area contributed by atoms with E-state index in [2.05, 4.69) is 15.3 Å². The van der Waals surface area contributed by atoms with Crippen LogP contribution in [0, 0.1) is 5.92 Å². The van der Waals surface area contributed by atoms with Crippen molar-refractivity contribution in [1.82, 2.24) is 14.5 Å². The Morgan fingerprint density at radius 3 is 2.60 bits per heavy atom. The summed E-state index contributed by atoms with van der Waals surface area (Å²) >= 11 is 0. The number of hydrogen-bond acceptors (Lipinski definition) is 3. The van der Waals surface area contributed by atoms with E-state index in [-0.39, 0.29) is 6.04 Å². The minimum atomic E-state index is -4.44. The molecule has 3 aliphatic rings. The van der Waals surface area contributed by atoms with Gasteiger partial charge in [-0.2, -0.15) is 13.2 Å². The Hall–Kier alpha value is -2.05. The van der Waals surface area contributed by atoms with Gasteiger partial charge in [0, 0.05) is 5.70 Å². The molecule has 0 amide bonds. The predicted octanol–water partition coefficient (Wildman–Crippen LogP) is 5.04. The lowest BCUT2D eigenvalue weighted by Gasteiger charge is -2.39. The molecule has 132 valence electrons. The molecule has 25 heavy (non-hydrogen) atoms. The minimum Gasteiger partial charge on any atom is -0.329 e. The third kappa shape index (κ3) is 2.35. The number of nitrogens with zero attached hydrogens (tertiary/aromatic N) is 3. The first kappa shape index (κ1) is 15.2. The first-order chi connectivity index (χ1) is 12.0. The van der Waals surface area contributed by atoms with Crippen molar-refractivity contribution >= 4 is 17.1 Å². The number of aromatic nitrogens is 3. The summed E-state index contributed by atoms with van der Waals surface area (Å²) in [4.78, 5) is 8.39. The van der Waals surface area contributed by atoms with E-state index in [9.17, 15) is 13.2 Å². The quantitative estimate of drug-likeness (QED) is 0.826. The van der Waals surface area contributed by atoms with Crippen LogP contribution in [0.4, 0.5) is 19.1 Å². The largest absolute Gasteiger partial charge is 0.433 e. The third-order valence-electron chi connectivity index (χ3n) is 5.85. The van der Waals surface area contributed by atoms with Gasteiger partial charge in [-0.05, 0) is 42.9 Å². The summed E-state index contributed by atoms with van der Waals surface area (Å²) in [6, 6.07) is 2.55. The van der Waals surface area contributed by atoms with Crippen LogP contribution in [-0.4, -0.2) is 14.5 Å². The van der Waals surface area contributed by atoms with Crippen LogP contribution < -0.4 is 5.32 Å². The summed E-state index contributed by atoms with van der Waals surface area (Å²) in [7, 11) is 0. The Labute approximate surface area is 143 Å². The van der Waals surface area contributed by atoms with Crippen LogP contribution >= 0.6 is 0 Å². The van der Waals surface area contributed by atoms with Gasteiger partial charge >= 0.3 is 6.18 Å². The minimum absolute atomic E-state index is 0.119. The zero-order valence-corrected chi connectivity index (χ0v) is 13.7. The average molecular weight is 348 g/mol. The van der Waals surface area contributed by atoms with Gasteiger partial charge in [-0.3, -0.25) is 4.57 Å². The predicted molar refractivity (Wildman–Crippen MR) is 88.0 cm³/mol. The van der Waals surface area contributed by atoms with Crippen molar-refractivity contribution in [3.63, 3.8) is 0 Å². The second-order valence-corrected chi connectivity index (χ2v) is 7.38. The number of pyridine rings is 1. The second-order valence-electron chi connectivity index (χ2n) is 7.38. The molecule has 5 rings (SSSR count). The summed E-state index contributed by atoms with van der Waals surface area (Å²) in [5.41, 5.74) is 2.58. The molecule has 2 saturated carbocycles. The maximum absolute atomic E-state index is 13.0. The molecular formula is C18H19F3N4. The van der Waals surface area contributed by atoms with Crippen molar-refractivity contribution in [2.45, 2.75) is 57.2 Å². The molecule has 2 aromatic heterocycles. The molecule has 0 bridgehead atoms. The average Bonchev–Trinajstić information content (AvgIpc) is 3.13. The lowest BCUT2D eigenvalue weighted by Crippen LogP contribution is -2.31. The van der Waals surface area contributed by atoms with Crippen LogP contribution in [-0.2, 0) is 6.18 Å². The first-order valence-corrected chi connectivity index (χ1v) is 8.96. The van der Waals surface area contributed by atoms with E-state index in [0.29, 0.717) is 17.1 Å². The highest BCUT2D eigenvalue weighted by atomic mass is 19.4. The molecule has 2 aliphatic carbocycles. The highest BCUT2D eigenvalue weighted by molar-refractivity contribution is 5.77. The molecule has 4 nitrogen and oxygen atoms in total. The summed E-state index contributed by atoms with van der Waals surface area (Å²) in [6.45, 7) is 0. The smallest absolute Gasteiger partial charge is 0.329 e. The number of allylic oxidation sites excluding steroid dienone is 2. The van der Waals surface area contributed by atoms with E-state index < -0.39 is 11.9 Å². The molecule has 0 aromatic carbocycles. The standard InChI is InChI=1S/C18H19F3N4/c19-18(20,21)15-8-6-12-16(24-15)25-14-7-5-11(14)13(23-17(25)22-12)9-10-3-1-2-4-10/h6,8,10,14H,1-5,7,9H2,(H,22,23). The molecule has 1 N–H and O–H groups in total. The molecule has 1 aliphatic heterocycles. The number of imidazole rings is 1. The lowest BCUT2D eigenvalue weighted by molar-refractivity contribution is -0.141. The van der Waals surface area contributed by atoms with Gasteiger partial charge in [0.2, 0.25) is 5.95 Å². The molecular weight excluding hydrogens is 329 g/mol. The summed E-state index contributed by atoms with van der Waals surface area (Å²) in [5.74, 6) is 1.37. The Morgan fingerprint density at radius 1 is 1.12 bits per heavy atom. The zero-order valence-electron chi connectivity index (χ0n) is 13.7. The molecule has 2 fully saturated rings. The topological polar surface area (TPSA) is 42.7 Å². The van der Waals surface area contributed by atoms with Gasteiger partial charge < -0.3 is 5.32 Å². The number of anilines is 1. The molecule has 2 aromatic rings. The normalized spacial score (nSPS) is 23.4. The number of rotatable bonds is 2. The van der Waals surface area contributed by atoms with Crippen molar-refractivity contribution in [3.8, 4) is 0 Å². The number of hydrogen-bond donors (Lipinski definition) is 1. The van der Waals surface area contributed by atoms with Crippen LogP contribution in [0.5, 0.6) is 0 Å². The first-order valence-electron chi connectivity index (χ1n) is 8.96. The van der Waals surface area contributed by atoms with Gasteiger partial charge in [0.05, 0.1) is 6.04 Å². The Bertz CT molecular complexity index is 874. The molecule has 1 unspecified atom stereocenters. The van der Waals surface area contributed by atoms with Crippen LogP contribution in [0.25, 0.3) is 11.2 Å². The van der Waals surface area contributed by atoms with Gasteiger partial charge in [-0.1, -0.05) is 25.7 Å². The van der Waals surface area contributed by atoms with Gasteiger partial charge in [-0.15, -0.1) is 0 Å². The Kier molecular flexibility index (Phi) is 3.18. The molecule has 0 radical (unpaired) electrons. The number of alkyl halides is 3. The van der Waals surface area contributed by atoms with E-state index >= 15 is 0 Å². The van der Waals surface area contributed by atoms with Crippen molar-refractivity contribution in [1.29, 1.82) is 0 Å². The van der Waals surface area contributed by atoms with E-state index in [1.807, 2.05) is 4.57 Å². The zero-order chi connectivity index (χ0) is 17.2. The van der Waals surface area contributed by atoms with Crippen molar-refractivity contribution in [2.24, 2.45) is 5.92 Å². The number of nitrogens with one attached hydrogen (secondary N) is 1. The fourth-order valence-electron chi connectivity index (χ4n) is 4.47. The molecule has 3 heterocycles. The van der Waals surface area contributed by atoms with E-state index in [4.69, 9.17) is 0 Å². The maximum atomic E-state index is 13.0. The van der Waals surface area contributed by atoms with Gasteiger partial charge in [0.15, 0.2) is 5.65 Å². The second kappa shape index (κ2) is 5.22. The highest BCUT2D eigenvalue weighted by Crippen LogP contribution is 2.48. The third-order valence-corrected chi connectivity index (χ3v) is 5.85. The molecule has 1 atom stereocenters. The van der Waals surface area contributed by atoms with Crippen LogP contribution in [0.2, 0.25) is 0 Å². The lowest BCUT2D eigenvalue weighted by atomic mass is 9.81. The van der Waals surface area contributed by atoms with Crippen LogP contribution in [0.15, 0.2) is 23.4 Å². The van der Waals surface area contributed by atoms with Crippen LogP contribution in [0.3, 0.4) is 0 Å². The maximum Gasteiger partial charge on any atom is 0.433 e. The van der Waals surface area contributed by atoms with E-state index in [1.54, 1.807) is 0 Å². The molecule has 7 heteroatoms. The number of halogens is 3. The summed E-state index contributed by atoms with van der Waals surface area (Å²) < 4.78 is 40.9. The SMILES string of the molecule is FC(F)(F)c1ccc2nc3n(c2n1)C1CCC1=C(CC1CCCC1)N3. The van der Waals surface area contributed by atoms with Crippen molar-refractivity contribution in [3.05, 3.63) is 29.1 Å². The Balaban J connectivity index is 1.55. The van der Waals surface area contributed by atoms with Gasteiger partial charge in [-0.25, -0.2) is 9.97 Å². The van der Waals surface area contributed by atoms with Gasteiger partial charge in [0.25, 0.3) is 0 Å². The van der Waals surface area contributed by atoms with Gasteiger partial charge in [0.1, 0.15) is 11.2 Å². The molecule has 0 saturated heterocycles. The number of fused-ring (bicyclic) bond motifs is 5. The molecule has 0 spiro atoms. The van der Waals surface area contributed by atoms with Crippen LogP contribution in [0.1, 0.15) is 56.7 Å². The van der Waals surface area contributed by atoms with Crippen molar-refractivity contribution < 1.29 is 13.2 Å².